The predicted molar refractivity (Wildman–Crippen MR) is 92.9 cm³/mol. The van der Waals surface area contributed by atoms with Crippen molar-refractivity contribution in [1.82, 2.24) is 9.55 Å². The normalized spacial score (nSPS) is 26.6. The van der Waals surface area contributed by atoms with Crippen LogP contribution in [0.1, 0.15) is 12.3 Å². The zero-order chi connectivity index (χ0) is 19.3. The topological polar surface area (TPSA) is 163 Å². The van der Waals surface area contributed by atoms with E-state index in [0.29, 0.717) is 0 Å². The number of rotatable bonds is 8. The molecule has 13 heteroatoms. The molecule has 11 nitrogen and oxygen atoms in total. The van der Waals surface area contributed by atoms with Crippen molar-refractivity contribution in [2.45, 2.75) is 29.8 Å². The number of aliphatic hydroxyl groups excluding tert-OH is 2. The fraction of sp³-hybridized carbons (Fsp3) is 0.615. The second kappa shape index (κ2) is 9.49. The molecule has 146 valence electrons. The van der Waals surface area contributed by atoms with Crippen molar-refractivity contribution in [1.29, 1.82) is 0 Å². The zero-order valence-electron chi connectivity index (χ0n) is 13.8. The molecule has 2 rings (SSSR count). The Labute approximate surface area is 153 Å². The van der Waals surface area contributed by atoms with Gasteiger partial charge in [0.25, 0.3) is 0 Å². The number of thioether (sulfide) groups is 1. The van der Waals surface area contributed by atoms with Crippen LogP contribution in [0.2, 0.25) is 0 Å². The second-order valence-electron chi connectivity index (χ2n) is 5.24. The van der Waals surface area contributed by atoms with Gasteiger partial charge in [0.2, 0.25) is 0 Å². The first-order valence-corrected chi connectivity index (χ1v) is 9.81. The van der Waals surface area contributed by atoms with Crippen LogP contribution in [0, 0.1) is 0 Å². The zero-order valence-corrected chi connectivity index (χ0v) is 15.6. The quantitative estimate of drug-likeness (QED) is 0.362. The Morgan fingerprint density at radius 3 is 2.81 bits per heavy atom. The molecule has 4 N–H and O–H groups in total. The molecule has 0 amide bonds. The maximum atomic E-state index is 11.9. The minimum absolute atomic E-state index is 0.0431. The van der Waals surface area contributed by atoms with Crippen LogP contribution in [0.3, 0.4) is 0 Å². The van der Waals surface area contributed by atoms with E-state index in [1.165, 1.54) is 12.3 Å². The van der Waals surface area contributed by atoms with Crippen LogP contribution in [-0.2, 0) is 23.1 Å². The average molecular weight is 409 g/mol. The Kier molecular flexibility index (Phi) is 7.62. The molecule has 1 fully saturated rings. The molecule has 0 aromatic carbocycles. The highest BCUT2D eigenvalue weighted by atomic mass is 32.2. The van der Waals surface area contributed by atoms with Gasteiger partial charge in [0.05, 0.1) is 24.6 Å². The van der Waals surface area contributed by atoms with E-state index in [2.05, 4.69) is 9.72 Å². The molecule has 2 heterocycles. The Balaban J connectivity index is 1.90. The molecule has 1 aromatic rings. The van der Waals surface area contributed by atoms with Gasteiger partial charge in [-0.25, -0.2) is 9.59 Å². The van der Waals surface area contributed by atoms with Gasteiger partial charge in [-0.15, -0.1) is 11.8 Å². The molecule has 1 saturated heterocycles. The third kappa shape index (κ3) is 5.29. The number of carbonyl (C=O) groups is 1. The standard InChI is InChI=1S/C13H20N3O8PS/c1-2-22-9(17)6-24-25(21)23-5-7-10(18)11(19)12(26-7)16-4-3-8(14)15-13(16)20/h3-4,7,10-12,18-19,25H,2,5-6H2,1H3,(H2,14,15,20)/t7-,10-,11+,12-/m1/s1. The number of nitrogens with two attached hydrogens (primary N) is 1. The number of carbonyl (C=O) groups excluding carboxylic acids is 1. The SMILES string of the molecule is CCOC(=O)CO[PH](=O)OC[C@H]1S[C@@H](n2ccc(N)nc2=O)[C@@H](O)[C@@H]1O. The number of aliphatic hydroxyl groups is 2. The van der Waals surface area contributed by atoms with E-state index < -0.39 is 49.4 Å². The lowest BCUT2D eigenvalue weighted by Gasteiger charge is -2.17. The molecule has 0 bridgehead atoms. The summed E-state index contributed by atoms with van der Waals surface area (Å²) in [6, 6.07) is 1.40. The van der Waals surface area contributed by atoms with Gasteiger partial charge < -0.3 is 25.2 Å². The van der Waals surface area contributed by atoms with Crippen LogP contribution >= 0.6 is 20.0 Å². The van der Waals surface area contributed by atoms with Gasteiger partial charge in [0.15, 0.2) is 6.61 Å². The molecule has 5 atom stereocenters. The van der Waals surface area contributed by atoms with Crippen LogP contribution in [0.5, 0.6) is 0 Å². The van der Waals surface area contributed by atoms with Gasteiger partial charge in [-0.2, -0.15) is 4.98 Å². The van der Waals surface area contributed by atoms with E-state index in [0.717, 1.165) is 16.3 Å². The highest BCUT2D eigenvalue weighted by molar-refractivity contribution is 8.00. The lowest BCUT2D eigenvalue weighted by atomic mass is 10.1. The summed E-state index contributed by atoms with van der Waals surface area (Å²) in [5, 5.41) is 18.8. The minimum Gasteiger partial charge on any atom is -0.464 e. The molecular weight excluding hydrogens is 389 g/mol. The Bertz CT molecular complexity index is 717. The molecule has 1 aliphatic heterocycles. The Morgan fingerprint density at radius 1 is 1.42 bits per heavy atom. The number of nitrogens with zero attached hydrogens (tertiary/aromatic N) is 2. The smallest absolute Gasteiger partial charge is 0.350 e. The molecule has 26 heavy (non-hydrogen) atoms. The average Bonchev–Trinajstić information content (AvgIpc) is 2.87. The van der Waals surface area contributed by atoms with Crippen molar-refractivity contribution in [3.05, 3.63) is 22.7 Å². The van der Waals surface area contributed by atoms with Crippen molar-refractivity contribution in [2.24, 2.45) is 0 Å². The first kappa shape index (κ1) is 20.9. The van der Waals surface area contributed by atoms with Gasteiger partial charge in [-0.05, 0) is 13.0 Å². The van der Waals surface area contributed by atoms with Crippen LogP contribution in [-0.4, -0.2) is 63.0 Å². The first-order valence-electron chi connectivity index (χ1n) is 7.65. The number of aromatic nitrogens is 2. The van der Waals surface area contributed by atoms with Crippen LogP contribution in [0.25, 0.3) is 0 Å². The minimum atomic E-state index is -2.98. The summed E-state index contributed by atoms with van der Waals surface area (Å²) < 4.78 is 27.2. The highest BCUT2D eigenvalue weighted by Gasteiger charge is 2.44. The van der Waals surface area contributed by atoms with Gasteiger partial charge >= 0.3 is 19.9 Å². The molecule has 0 aliphatic carbocycles. The molecular formula is C13H20N3O8PS. The van der Waals surface area contributed by atoms with Gasteiger partial charge in [0.1, 0.15) is 17.3 Å². The summed E-state index contributed by atoms with van der Waals surface area (Å²) in [6.45, 7) is 1.08. The maximum absolute atomic E-state index is 11.9. The van der Waals surface area contributed by atoms with Crippen molar-refractivity contribution in [3.8, 4) is 0 Å². The van der Waals surface area contributed by atoms with Crippen LogP contribution in [0.15, 0.2) is 17.1 Å². The van der Waals surface area contributed by atoms with E-state index in [9.17, 15) is 24.4 Å². The molecule has 0 radical (unpaired) electrons. The summed E-state index contributed by atoms with van der Waals surface area (Å²) >= 11 is 1.06. The van der Waals surface area contributed by atoms with E-state index in [1.54, 1.807) is 6.92 Å². The van der Waals surface area contributed by atoms with Crippen LogP contribution in [0.4, 0.5) is 5.82 Å². The van der Waals surface area contributed by atoms with E-state index in [-0.39, 0.29) is 19.0 Å². The van der Waals surface area contributed by atoms with Crippen molar-refractivity contribution in [3.63, 3.8) is 0 Å². The summed E-state index contributed by atoms with van der Waals surface area (Å²) in [5.41, 5.74) is 4.76. The summed E-state index contributed by atoms with van der Waals surface area (Å²) in [4.78, 5) is 26.6. The molecule has 1 aromatic heterocycles. The second-order valence-corrected chi connectivity index (χ2v) is 7.68. The van der Waals surface area contributed by atoms with Crippen molar-refractivity contribution < 1.29 is 33.4 Å². The van der Waals surface area contributed by atoms with E-state index in [1.807, 2.05) is 0 Å². The monoisotopic (exact) mass is 409 g/mol. The van der Waals surface area contributed by atoms with Gasteiger partial charge in [0, 0.05) is 6.20 Å². The molecule has 0 saturated carbocycles. The maximum Gasteiger partial charge on any atom is 0.350 e. The summed E-state index contributed by atoms with van der Waals surface area (Å²) in [6.07, 6.45) is -1.12. The predicted octanol–water partition coefficient (Wildman–Crippen LogP) is -0.853. The molecule has 1 unspecified atom stereocenters. The Hall–Kier alpha value is -1.43. The van der Waals surface area contributed by atoms with Crippen LogP contribution < -0.4 is 11.4 Å². The number of hydrogen-bond donors (Lipinski definition) is 3. The van der Waals surface area contributed by atoms with Crippen molar-refractivity contribution in [2.75, 3.05) is 25.6 Å². The highest BCUT2D eigenvalue weighted by Crippen LogP contribution is 2.42. The fourth-order valence-electron chi connectivity index (χ4n) is 2.23. The number of ether oxygens (including phenoxy) is 1. The number of hydrogen-bond acceptors (Lipinski definition) is 11. The summed E-state index contributed by atoms with van der Waals surface area (Å²) in [5.74, 6) is -0.628. The Morgan fingerprint density at radius 2 is 2.15 bits per heavy atom. The lowest BCUT2D eigenvalue weighted by molar-refractivity contribution is -0.145. The van der Waals surface area contributed by atoms with E-state index in [4.69, 9.17) is 14.8 Å². The van der Waals surface area contributed by atoms with Gasteiger partial charge in [-0.1, -0.05) is 0 Å². The third-order valence-electron chi connectivity index (χ3n) is 3.44. The number of nitrogen functional groups attached to an aromatic ring is 1. The van der Waals surface area contributed by atoms with Gasteiger partial charge in [-0.3, -0.25) is 13.7 Å². The first-order chi connectivity index (χ1) is 12.3. The third-order valence-corrected chi connectivity index (χ3v) is 5.77. The number of anilines is 1. The summed E-state index contributed by atoms with van der Waals surface area (Å²) in [7, 11) is -2.98. The fourth-order valence-corrected chi connectivity index (χ4v) is 4.42. The number of esters is 1. The van der Waals surface area contributed by atoms with Crippen molar-refractivity contribution >= 4 is 31.8 Å². The lowest BCUT2D eigenvalue weighted by Crippen LogP contribution is -2.36. The molecule has 0 spiro atoms. The van der Waals surface area contributed by atoms with E-state index >= 15 is 0 Å². The molecule has 1 aliphatic rings. The largest absolute Gasteiger partial charge is 0.464 e.